The van der Waals surface area contributed by atoms with Crippen molar-refractivity contribution in [3.05, 3.63) is 0 Å². The van der Waals surface area contributed by atoms with Gasteiger partial charge in [-0.2, -0.15) is 0 Å². The lowest BCUT2D eigenvalue weighted by Crippen LogP contribution is -2.34. The normalized spacial score (nSPS) is 12.2. The zero-order valence-corrected chi connectivity index (χ0v) is 8.42. The number of carbonyl (C=O) groups excluding carboxylic acids is 2. The van der Waals surface area contributed by atoms with Gasteiger partial charge in [0.15, 0.2) is 0 Å². The van der Waals surface area contributed by atoms with Crippen LogP contribution in [0.5, 0.6) is 0 Å². The average molecular weight is 187 g/mol. The van der Waals surface area contributed by atoms with Crippen LogP contribution in [0.1, 0.15) is 26.7 Å². The standard InChI is InChI=1S/C9H17NO3/c1-7(4-5-13-3)10-9(12)6-8(2)11/h7H,4-6H2,1-3H3,(H,10,12). The second-order valence-electron chi connectivity index (χ2n) is 3.13. The molecule has 4 nitrogen and oxygen atoms in total. The van der Waals surface area contributed by atoms with E-state index in [0.717, 1.165) is 6.42 Å². The Morgan fingerprint density at radius 1 is 1.46 bits per heavy atom. The second-order valence-corrected chi connectivity index (χ2v) is 3.13. The van der Waals surface area contributed by atoms with Crippen molar-refractivity contribution in [2.24, 2.45) is 0 Å². The Bertz CT molecular complexity index is 180. The molecule has 0 heterocycles. The van der Waals surface area contributed by atoms with Crippen LogP contribution in [0.3, 0.4) is 0 Å². The summed E-state index contributed by atoms with van der Waals surface area (Å²) in [5.41, 5.74) is 0. The lowest BCUT2D eigenvalue weighted by atomic mass is 10.2. The number of rotatable bonds is 6. The average Bonchev–Trinajstić information content (AvgIpc) is 1.98. The van der Waals surface area contributed by atoms with Gasteiger partial charge in [-0.15, -0.1) is 0 Å². The van der Waals surface area contributed by atoms with Crippen molar-refractivity contribution in [1.29, 1.82) is 0 Å². The van der Waals surface area contributed by atoms with Crippen LogP contribution in [0.2, 0.25) is 0 Å². The maximum Gasteiger partial charge on any atom is 0.227 e. The van der Waals surface area contributed by atoms with Gasteiger partial charge in [0.25, 0.3) is 0 Å². The van der Waals surface area contributed by atoms with E-state index in [4.69, 9.17) is 4.74 Å². The van der Waals surface area contributed by atoms with Crippen molar-refractivity contribution in [2.75, 3.05) is 13.7 Å². The van der Waals surface area contributed by atoms with Gasteiger partial charge in [-0.1, -0.05) is 0 Å². The van der Waals surface area contributed by atoms with Crippen LogP contribution < -0.4 is 5.32 Å². The zero-order valence-electron chi connectivity index (χ0n) is 8.42. The fourth-order valence-corrected chi connectivity index (χ4v) is 0.919. The van der Waals surface area contributed by atoms with Crippen LogP contribution in [-0.4, -0.2) is 31.4 Å². The molecule has 4 heteroatoms. The molecule has 1 unspecified atom stereocenters. The van der Waals surface area contributed by atoms with Crippen LogP contribution in [0.25, 0.3) is 0 Å². The number of hydrogen-bond donors (Lipinski definition) is 1. The van der Waals surface area contributed by atoms with E-state index in [9.17, 15) is 9.59 Å². The van der Waals surface area contributed by atoms with Gasteiger partial charge in [0, 0.05) is 19.8 Å². The molecule has 0 saturated heterocycles. The molecule has 0 fully saturated rings. The van der Waals surface area contributed by atoms with Crippen molar-refractivity contribution in [2.45, 2.75) is 32.7 Å². The molecular formula is C9H17NO3. The lowest BCUT2D eigenvalue weighted by molar-refractivity contribution is -0.127. The van der Waals surface area contributed by atoms with Gasteiger partial charge in [-0.25, -0.2) is 0 Å². The summed E-state index contributed by atoms with van der Waals surface area (Å²) < 4.78 is 4.86. The highest BCUT2D eigenvalue weighted by Crippen LogP contribution is 1.92. The zero-order chi connectivity index (χ0) is 10.3. The summed E-state index contributed by atoms with van der Waals surface area (Å²) in [7, 11) is 1.62. The van der Waals surface area contributed by atoms with Crippen LogP contribution in [0.15, 0.2) is 0 Å². The molecule has 0 bridgehead atoms. The van der Waals surface area contributed by atoms with Gasteiger partial charge in [-0.05, 0) is 20.3 Å². The summed E-state index contributed by atoms with van der Waals surface area (Å²) in [5.74, 6) is -0.326. The summed E-state index contributed by atoms with van der Waals surface area (Å²) in [6.45, 7) is 3.90. The maximum absolute atomic E-state index is 11.1. The number of carbonyl (C=O) groups is 2. The third-order valence-electron chi connectivity index (χ3n) is 1.57. The predicted molar refractivity (Wildman–Crippen MR) is 49.4 cm³/mol. The maximum atomic E-state index is 11.1. The van der Waals surface area contributed by atoms with Gasteiger partial charge >= 0.3 is 0 Å². The number of ketones is 1. The molecule has 0 aliphatic rings. The van der Waals surface area contributed by atoms with Crippen molar-refractivity contribution in [3.63, 3.8) is 0 Å². The minimum absolute atomic E-state index is 0.0304. The summed E-state index contributed by atoms with van der Waals surface area (Å²) in [4.78, 5) is 21.6. The molecular weight excluding hydrogens is 170 g/mol. The van der Waals surface area contributed by atoms with Crippen molar-refractivity contribution < 1.29 is 14.3 Å². The minimum Gasteiger partial charge on any atom is -0.385 e. The summed E-state index contributed by atoms with van der Waals surface area (Å²) in [6.07, 6.45) is 0.734. The Morgan fingerprint density at radius 2 is 2.08 bits per heavy atom. The number of methoxy groups -OCH3 is 1. The van der Waals surface area contributed by atoms with Gasteiger partial charge in [0.05, 0.1) is 6.42 Å². The first-order valence-corrected chi connectivity index (χ1v) is 4.34. The molecule has 76 valence electrons. The fourth-order valence-electron chi connectivity index (χ4n) is 0.919. The smallest absolute Gasteiger partial charge is 0.227 e. The molecule has 0 aliphatic carbocycles. The quantitative estimate of drug-likeness (QED) is 0.616. The molecule has 0 spiro atoms. The SMILES string of the molecule is COCCC(C)NC(=O)CC(C)=O. The van der Waals surface area contributed by atoms with Crippen LogP contribution in [0.4, 0.5) is 0 Å². The molecule has 0 aliphatic heterocycles. The molecule has 0 aromatic rings. The van der Waals surface area contributed by atoms with Crippen LogP contribution >= 0.6 is 0 Å². The molecule has 0 radical (unpaired) electrons. The number of hydrogen-bond acceptors (Lipinski definition) is 3. The van der Waals surface area contributed by atoms with Crippen molar-refractivity contribution >= 4 is 11.7 Å². The minimum atomic E-state index is -0.212. The van der Waals surface area contributed by atoms with Crippen LogP contribution in [0, 0.1) is 0 Å². The summed E-state index contributed by atoms with van der Waals surface area (Å²) in [5, 5.41) is 2.71. The summed E-state index contributed by atoms with van der Waals surface area (Å²) in [6, 6.07) is 0.0619. The van der Waals surface area contributed by atoms with E-state index < -0.39 is 0 Å². The van der Waals surface area contributed by atoms with Gasteiger partial charge < -0.3 is 10.1 Å². The van der Waals surface area contributed by atoms with Gasteiger partial charge in [0.1, 0.15) is 5.78 Å². The third-order valence-corrected chi connectivity index (χ3v) is 1.57. The molecule has 13 heavy (non-hydrogen) atoms. The predicted octanol–water partition coefficient (Wildman–Crippen LogP) is 0.507. The first-order valence-electron chi connectivity index (χ1n) is 4.34. The lowest BCUT2D eigenvalue weighted by Gasteiger charge is -2.12. The summed E-state index contributed by atoms with van der Waals surface area (Å²) >= 11 is 0. The Balaban J connectivity index is 3.59. The largest absolute Gasteiger partial charge is 0.385 e. The Morgan fingerprint density at radius 3 is 2.54 bits per heavy atom. The molecule has 0 rings (SSSR count). The molecule has 0 aromatic carbocycles. The van der Waals surface area contributed by atoms with Crippen molar-refractivity contribution in [3.8, 4) is 0 Å². The third kappa shape index (κ3) is 7.46. The Kier molecular flexibility index (Phi) is 6.14. The molecule has 0 aromatic heterocycles. The second kappa shape index (κ2) is 6.60. The monoisotopic (exact) mass is 187 g/mol. The number of ether oxygens (including phenoxy) is 1. The highest BCUT2D eigenvalue weighted by molar-refractivity contribution is 5.96. The molecule has 1 N–H and O–H groups in total. The van der Waals surface area contributed by atoms with E-state index in [-0.39, 0.29) is 24.2 Å². The van der Waals surface area contributed by atoms with E-state index in [1.54, 1.807) is 7.11 Å². The molecule has 1 atom stereocenters. The van der Waals surface area contributed by atoms with E-state index in [0.29, 0.717) is 6.61 Å². The highest BCUT2D eigenvalue weighted by Gasteiger charge is 2.08. The molecule has 1 amide bonds. The van der Waals surface area contributed by atoms with Crippen LogP contribution in [-0.2, 0) is 14.3 Å². The first kappa shape index (κ1) is 12.1. The van der Waals surface area contributed by atoms with Gasteiger partial charge in [0.2, 0.25) is 5.91 Å². The van der Waals surface area contributed by atoms with Gasteiger partial charge in [-0.3, -0.25) is 9.59 Å². The van der Waals surface area contributed by atoms with Crippen molar-refractivity contribution in [1.82, 2.24) is 5.32 Å². The van der Waals surface area contributed by atoms with E-state index in [1.165, 1.54) is 6.92 Å². The number of nitrogens with one attached hydrogen (secondary N) is 1. The molecule has 0 saturated carbocycles. The Hall–Kier alpha value is -0.900. The van der Waals surface area contributed by atoms with E-state index in [2.05, 4.69) is 5.32 Å². The first-order chi connectivity index (χ1) is 6.06. The Labute approximate surface area is 78.6 Å². The topological polar surface area (TPSA) is 55.4 Å². The number of Topliss-reactive ketones (excluding diaryl/α,β-unsaturated/α-hetero) is 1. The highest BCUT2D eigenvalue weighted by atomic mass is 16.5. The van der Waals surface area contributed by atoms with E-state index in [1.807, 2.05) is 6.92 Å². The number of amides is 1. The fraction of sp³-hybridized carbons (Fsp3) is 0.778. The van der Waals surface area contributed by atoms with E-state index >= 15 is 0 Å².